The van der Waals surface area contributed by atoms with Gasteiger partial charge in [-0.15, -0.1) is 0 Å². The van der Waals surface area contributed by atoms with E-state index in [-0.39, 0.29) is 0 Å². The lowest BCUT2D eigenvalue weighted by molar-refractivity contribution is 0.229. The summed E-state index contributed by atoms with van der Waals surface area (Å²) in [4.78, 5) is 4.89. The normalized spacial score (nSPS) is 16.4. The van der Waals surface area contributed by atoms with E-state index >= 15 is 0 Å². The number of hydrogen-bond acceptors (Lipinski definition) is 4. The van der Waals surface area contributed by atoms with Crippen LogP contribution in [0.1, 0.15) is 16.9 Å². The van der Waals surface area contributed by atoms with Crippen LogP contribution in [0.15, 0.2) is 41.0 Å². The molecule has 2 N–H and O–H groups in total. The van der Waals surface area contributed by atoms with Crippen LogP contribution in [0, 0.1) is 6.92 Å². The number of rotatable bonds is 4. The number of piperazine rings is 1. The largest absolute Gasteiger partial charge is 0.468 e. The first kappa shape index (κ1) is 14.2. The predicted molar refractivity (Wildman–Crippen MR) is 85.3 cm³/mol. The van der Waals surface area contributed by atoms with Crippen LogP contribution >= 0.6 is 0 Å². The molecule has 0 amide bonds. The Hall–Kier alpha value is -1.78. The number of anilines is 1. The maximum Gasteiger partial charge on any atom is 0.122 e. The van der Waals surface area contributed by atoms with E-state index < -0.39 is 0 Å². The first-order valence-corrected chi connectivity index (χ1v) is 7.55. The minimum absolute atomic E-state index is 0.551. The summed E-state index contributed by atoms with van der Waals surface area (Å²) in [5.74, 6) is 1.02. The van der Waals surface area contributed by atoms with Gasteiger partial charge in [0.15, 0.2) is 0 Å². The molecule has 0 aliphatic carbocycles. The van der Waals surface area contributed by atoms with Crippen molar-refractivity contribution in [1.82, 2.24) is 4.90 Å². The highest BCUT2D eigenvalue weighted by molar-refractivity contribution is 5.48. The van der Waals surface area contributed by atoms with Gasteiger partial charge in [0.1, 0.15) is 5.76 Å². The number of nitrogens with zero attached hydrogens (tertiary/aromatic N) is 2. The Morgan fingerprint density at radius 2 is 1.95 bits per heavy atom. The van der Waals surface area contributed by atoms with Crippen molar-refractivity contribution in [2.45, 2.75) is 20.0 Å². The van der Waals surface area contributed by atoms with Gasteiger partial charge >= 0.3 is 0 Å². The molecule has 4 heteroatoms. The summed E-state index contributed by atoms with van der Waals surface area (Å²) in [6, 6.07) is 10.7. The fourth-order valence-corrected chi connectivity index (χ4v) is 2.88. The minimum atomic E-state index is 0.551. The number of benzene rings is 1. The van der Waals surface area contributed by atoms with Crippen molar-refractivity contribution in [3.05, 3.63) is 53.5 Å². The minimum Gasteiger partial charge on any atom is -0.468 e. The van der Waals surface area contributed by atoms with E-state index in [0.717, 1.165) is 44.0 Å². The van der Waals surface area contributed by atoms with E-state index in [9.17, 15) is 0 Å². The second-order valence-electron chi connectivity index (χ2n) is 5.68. The Morgan fingerprint density at radius 1 is 1.14 bits per heavy atom. The molecule has 1 aliphatic rings. The van der Waals surface area contributed by atoms with Crippen LogP contribution in [-0.2, 0) is 13.1 Å². The van der Waals surface area contributed by atoms with Crippen molar-refractivity contribution >= 4 is 5.69 Å². The molecule has 0 saturated carbocycles. The first-order chi connectivity index (χ1) is 10.3. The first-order valence-electron chi connectivity index (χ1n) is 7.55. The van der Waals surface area contributed by atoms with Crippen molar-refractivity contribution in [2.24, 2.45) is 5.73 Å². The van der Waals surface area contributed by atoms with Crippen LogP contribution in [-0.4, -0.2) is 31.1 Å². The molecular weight excluding hydrogens is 262 g/mol. The highest BCUT2D eigenvalue weighted by atomic mass is 16.3. The van der Waals surface area contributed by atoms with Crippen LogP contribution in [0.5, 0.6) is 0 Å². The molecule has 1 saturated heterocycles. The Bertz CT molecular complexity index is 585. The van der Waals surface area contributed by atoms with Gasteiger partial charge in [-0.3, -0.25) is 4.90 Å². The summed E-state index contributed by atoms with van der Waals surface area (Å²) in [6.07, 6.45) is 1.74. The van der Waals surface area contributed by atoms with E-state index in [1.807, 2.05) is 6.07 Å². The van der Waals surface area contributed by atoms with Gasteiger partial charge in [0, 0.05) is 44.0 Å². The van der Waals surface area contributed by atoms with Gasteiger partial charge in [-0.05, 0) is 30.7 Å². The van der Waals surface area contributed by atoms with E-state index in [0.29, 0.717) is 6.54 Å². The summed E-state index contributed by atoms with van der Waals surface area (Å²) >= 11 is 0. The third-order valence-electron chi connectivity index (χ3n) is 4.16. The Labute approximate surface area is 126 Å². The average Bonchev–Trinajstić information content (AvgIpc) is 2.95. The summed E-state index contributed by atoms with van der Waals surface area (Å²) in [6.45, 7) is 7.78. The summed E-state index contributed by atoms with van der Waals surface area (Å²) in [7, 11) is 0. The fourth-order valence-electron chi connectivity index (χ4n) is 2.88. The van der Waals surface area contributed by atoms with Gasteiger partial charge in [-0.25, -0.2) is 0 Å². The van der Waals surface area contributed by atoms with Gasteiger partial charge in [0.25, 0.3) is 0 Å². The highest BCUT2D eigenvalue weighted by Gasteiger charge is 2.19. The Balaban J connectivity index is 1.58. The molecule has 1 fully saturated rings. The molecule has 1 aliphatic heterocycles. The maximum absolute atomic E-state index is 5.73. The lowest BCUT2D eigenvalue weighted by Crippen LogP contribution is -2.46. The third kappa shape index (κ3) is 3.28. The van der Waals surface area contributed by atoms with Crippen molar-refractivity contribution in [1.29, 1.82) is 0 Å². The lowest BCUT2D eigenvalue weighted by atomic mass is 10.2. The lowest BCUT2D eigenvalue weighted by Gasteiger charge is -2.36. The number of hydrogen-bond donors (Lipinski definition) is 1. The molecular formula is C17H23N3O. The van der Waals surface area contributed by atoms with E-state index in [2.05, 4.69) is 41.0 Å². The molecule has 1 aromatic carbocycles. The van der Waals surface area contributed by atoms with Gasteiger partial charge < -0.3 is 15.1 Å². The van der Waals surface area contributed by atoms with Crippen LogP contribution in [0.4, 0.5) is 5.69 Å². The zero-order valence-electron chi connectivity index (χ0n) is 12.6. The summed E-state index contributed by atoms with van der Waals surface area (Å²) in [5.41, 5.74) is 9.49. The van der Waals surface area contributed by atoms with E-state index in [1.54, 1.807) is 6.26 Å². The topological polar surface area (TPSA) is 45.6 Å². The van der Waals surface area contributed by atoms with Gasteiger partial charge in [-0.2, -0.15) is 0 Å². The van der Waals surface area contributed by atoms with Crippen LogP contribution in [0.25, 0.3) is 0 Å². The number of nitrogens with two attached hydrogens (primary N) is 1. The van der Waals surface area contributed by atoms with Crippen molar-refractivity contribution in [3.8, 4) is 0 Å². The number of aryl methyl sites for hydroxylation is 1. The van der Waals surface area contributed by atoms with Crippen molar-refractivity contribution in [3.63, 3.8) is 0 Å². The quantitative estimate of drug-likeness (QED) is 0.937. The second-order valence-corrected chi connectivity index (χ2v) is 5.68. The van der Waals surface area contributed by atoms with E-state index in [4.69, 9.17) is 10.2 Å². The zero-order chi connectivity index (χ0) is 14.7. The maximum atomic E-state index is 5.73. The highest BCUT2D eigenvalue weighted by Crippen LogP contribution is 2.19. The van der Waals surface area contributed by atoms with Crippen LogP contribution < -0.4 is 10.6 Å². The zero-order valence-corrected chi connectivity index (χ0v) is 12.6. The standard InChI is InChI=1S/C17H23N3O/c1-14-3-2-4-16(11-14)20-8-6-19(7-9-20)13-17-15(12-18)5-10-21-17/h2-5,10-11H,6-9,12-13,18H2,1H3. The average molecular weight is 285 g/mol. The third-order valence-corrected chi connectivity index (χ3v) is 4.16. The molecule has 2 aromatic rings. The van der Waals surface area contributed by atoms with Crippen LogP contribution in [0.2, 0.25) is 0 Å². The molecule has 0 spiro atoms. The van der Waals surface area contributed by atoms with Crippen LogP contribution in [0.3, 0.4) is 0 Å². The molecule has 112 valence electrons. The Kier molecular flexibility index (Phi) is 4.27. The molecule has 2 heterocycles. The van der Waals surface area contributed by atoms with E-state index in [1.165, 1.54) is 11.3 Å². The molecule has 0 unspecified atom stereocenters. The molecule has 0 bridgehead atoms. The van der Waals surface area contributed by atoms with Crippen molar-refractivity contribution in [2.75, 3.05) is 31.1 Å². The predicted octanol–water partition coefficient (Wildman–Crippen LogP) is 2.37. The molecule has 4 nitrogen and oxygen atoms in total. The molecule has 1 aromatic heterocycles. The van der Waals surface area contributed by atoms with Gasteiger partial charge in [0.2, 0.25) is 0 Å². The van der Waals surface area contributed by atoms with Gasteiger partial charge in [0.05, 0.1) is 12.8 Å². The molecule has 0 radical (unpaired) electrons. The fraction of sp³-hybridized carbons (Fsp3) is 0.412. The van der Waals surface area contributed by atoms with Crippen molar-refractivity contribution < 1.29 is 4.42 Å². The molecule has 3 rings (SSSR count). The monoisotopic (exact) mass is 285 g/mol. The Morgan fingerprint density at radius 3 is 2.67 bits per heavy atom. The molecule has 0 atom stereocenters. The SMILES string of the molecule is Cc1cccc(N2CCN(Cc3occc3CN)CC2)c1. The summed E-state index contributed by atoms with van der Waals surface area (Å²) in [5, 5.41) is 0. The van der Waals surface area contributed by atoms with Gasteiger partial charge in [-0.1, -0.05) is 12.1 Å². The number of furan rings is 1. The summed E-state index contributed by atoms with van der Waals surface area (Å²) < 4.78 is 5.55. The smallest absolute Gasteiger partial charge is 0.122 e. The second kappa shape index (κ2) is 6.33. The molecule has 21 heavy (non-hydrogen) atoms.